The normalized spacial score (nSPS) is 42.0. The SMILES string of the molecule is CC(C)(C)CCC[C@H]1O[C@H](CO)[C@@H](O)[C@H](O)[C@@H]1O.CC(C)(C)CCC[C@H]1O[C@H](CO)[C@@H](O)[C@H](O)[C@H]1O.CC(C)(C)CCO[C@H]1OC(CO[C@H]2O[C@H](CO)[C@@H](O)[C@H](O)[C@@H]2O)[C@@H](O)[C@H](O[C@H]2O[C@H](CO)[C@@H](O)[C@H](O)[C@@H]2O)[C@@H]1O.C[C@@H]1O[C@@H](CCCC(C)(C)C)[C@@H](O)[C@H](O)[C@@H]1O. The molecule has 30 atom stereocenters. The zero-order valence-electron chi connectivity index (χ0n) is 56.7. The van der Waals surface area contributed by atoms with Gasteiger partial charge in [-0.1, -0.05) is 102 Å². The molecule has 0 aromatic heterocycles. The lowest BCUT2D eigenvalue weighted by atomic mass is 9.87. The lowest BCUT2D eigenvalue weighted by molar-refractivity contribution is -0.366. The van der Waals surface area contributed by atoms with Gasteiger partial charge in [0.15, 0.2) is 18.9 Å². The molecule has 30 nitrogen and oxygen atoms in total. The number of rotatable bonds is 21. The topological polar surface area (TPSA) is 508 Å². The van der Waals surface area contributed by atoms with E-state index in [2.05, 4.69) is 62.3 Å². The average molecular weight is 1360 g/mol. The summed E-state index contributed by atoms with van der Waals surface area (Å²) in [5.41, 5.74) is 0.572. The minimum atomic E-state index is -1.82. The highest BCUT2D eigenvalue weighted by atomic mass is 16.8. The summed E-state index contributed by atoms with van der Waals surface area (Å²) in [6.45, 7) is 24.5. The zero-order valence-corrected chi connectivity index (χ0v) is 56.7. The quantitative estimate of drug-likeness (QED) is 0.0522. The van der Waals surface area contributed by atoms with Crippen molar-refractivity contribution >= 4 is 0 Å². The van der Waals surface area contributed by atoms with Gasteiger partial charge in [-0.2, -0.15) is 0 Å². The molecule has 0 aliphatic carbocycles. The van der Waals surface area contributed by atoms with Gasteiger partial charge in [0.05, 0.1) is 64.1 Å². The second-order valence-corrected chi connectivity index (χ2v) is 30.5. The number of ether oxygens (including phenoxy) is 9. The molecule has 93 heavy (non-hydrogen) atoms. The van der Waals surface area contributed by atoms with Gasteiger partial charge < -0.3 is 150 Å². The summed E-state index contributed by atoms with van der Waals surface area (Å²) < 4.78 is 49.7. The van der Waals surface area contributed by atoms with Crippen molar-refractivity contribution in [2.24, 2.45) is 21.7 Å². The van der Waals surface area contributed by atoms with Crippen LogP contribution < -0.4 is 0 Å². The molecule has 6 heterocycles. The van der Waals surface area contributed by atoms with Crippen LogP contribution in [0.2, 0.25) is 0 Å². The predicted octanol–water partition coefficient (Wildman–Crippen LogP) is -3.95. The number of hydrogen-bond acceptors (Lipinski definition) is 30. The second-order valence-electron chi connectivity index (χ2n) is 30.5. The smallest absolute Gasteiger partial charge is 0.187 e. The Labute approximate surface area is 547 Å². The van der Waals surface area contributed by atoms with Crippen molar-refractivity contribution in [3.05, 3.63) is 0 Å². The monoisotopic (exact) mass is 1360 g/mol. The molecule has 0 amide bonds. The third-order valence-electron chi connectivity index (χ3n) is 17.4. The molecular weight excluding hydrogens is 1240 g/mol. The lowest BCUT2D eigenvalue weighted by Gasteiger charge is -2.46. The van der Waals surface area contributed by atoms with Gasteiger partial charge in [0.2, 0.25) is 0 Å². The minimum absolute atomic E-state index is 0.128. The van der Waals surface area contributed by atoms with E-state index in [0.29, 0.717) is 25.7 Å². The Hall–Kier alpha value is -1.20. The summed E-state index contributed by atoms with van der Waals surface area (Å²) >= 11 is 0. The van der Waals surface area contributed by atoms with E-state index in [1.54, 1.807) is 6.92 Å². The average Bonchev–Trinajstić information content (AvgIpc) is 0.806. The zero-order chi connectivity index (χ0) is 71.0. The molecule has 6 aliphatic rings. The van der Waals surface area contributed by atoms with Crippen molar-refractivity contribution in [3.8, 4) is 0 Å². The van der Waals surface area contributed by atoms with Crippen LogP contribution in [0.3, 0.4) is 0 Å². The van der Waals surface area contributed by atoms with Gasteiger partial charge >= 0.3 is 0 Å². The molecule has 0 aromatic carbocycles. The molecule has 1 unspecified atom stereocenters. The van der Waals surface area contributed by atoms with Crippen LogP contribution in [0.25, 0.3) is 0 Å². The second kappa shape index (κ2) is 38.6. The number of aliphatic hydroxyl groups is 21. The number of aliphatic hydroxyl groups excluding tert-OH is 21. The Morgan fingerprint density at radius 3 is 0.935 bits per heavy atom. The molecule has 6 fully saturated rings. The van der Waals surface area contributed by atoms with Gasteiger partial charge in [-0.25, -0.2) is 0 Å². The van der Waals surface area contributed by atoms with E-state index >= 15 is 0 Å². The van der Waals surface area contributed by atoms with E-state index in [1.165, 1.54) is 0 Å². The first-order valence-electron chi connectivity index (χ1n) is 32.8. The van der Waals surface area contributed by atoms with Crippen molar-refractivity contribution in [2.45, 2.75) is 338 Å². The van der Waals surface area contributed by atoms with E-state index in [4.69, 9.17) is 52.8 Å². The maximum atomic E-state index is 11.0. The lowest BCUT2D eigenvalue weighted by Crippen LogP contribution is -2.65. The van der Waals surface area contributed by atoms with E-state index in [0.717, 1.165) is 38.5 Å². The molecule has 6 aliphatic heterocycles. The third-order valence-corrected chi connectivity index (χ3v) is 17.4. The van der Waals surface area contributed by atoms with Crippen LogP contribution in [0.4, 0.5) is 0 Å². The van der Waals surface area contributed by atoms with Crippen LogP contribution in [-0.2, 0) is 42.6 Å². The fraction of sp³-hybridized carbons (Fsp3) is 1.00. The van der Waals surface area contributed by atoms with E-state index < -0.39 is 197 Å². The molecule has 6 saturated heterocycles. The standard InChI is InChI=1S/C24H44O16.2C13H26O5.C13H26O4/c1-24(2,3)4-5-35-22-19(34)20(40-23-18(33)16(31)13(28)10(7-26)38-23)14(29)11(39-22)8-36-21-17(32)15(30)12(27)9(6-25)37-21;2*1-13(2,3)6-4-5-8-10(15)12(17)11(16)9(7-14)18-8;1-8-10(14)12(16)11(15)9(17-8)6-5-7-13(2,3)4/h9-23,25-34H,4-8H2,1-3H3;2*8-12,14-17H,4-7H2,1-3H3;8-12,14-16H,5-7H2,1-4H3/t9-,10-,11?,12-,13-,14-,15+,16+,17+,18+,19+,20+,21+,22+,23-;8-,9-,10+,11-,12-;8-,9-,10-,11-,12-;8-,9-,10+,11+,12+/m1110/s1. The molecule has 0 bridgehead atoms. The van der Waals surface area contributed by atoms with Gasteiger partial charge in [0.1, 0.15) is 140 Å². The predicted molar refractivity (Wildman–Crippen MR) is 329 cm³/mol. The Morgan fingerprint density at radius 2 is 0.570 bits per heavy atom. The largest absolute Gasteiger partial charge is 0.394 e. The first kappa shape index (κ1) is 86.0. The minimum Gasteiger partial charge on any atom is -0.394 e. The molecule has 6 rings (SSSR count). The fourth-order valence-corrected chi connectivity index (χ4v) is 11.3. The van der Waals surface area contributed by atoms with Gasteiger partial charge in [-0.05, 0) is 73.5 Å². The summed E-state index contributed by atoms with van der Waals surface area (Å²) in [4.78, 5) is 0. The molecule has 554 valence electrons. The first-order chi connectivity index (χ1) is 42.9. The number of hydrogen-bond donors (Lipinski definition) is 21. The van der Waals surface area contributed by atoms with E-state index in [-0.39, 0.29) is 47.6 Å². The first-order valence-corrected chi connectivity index (χ1v) is 32.8. The Morgan fingerprint density at radius 1 is 0.280 bits per heavy atom. The highest BCUT2D eigenvalue weighted by molar-refractivity contribution is 4.97. The molecule has 0 radical (unpaired) electrons. The molecule has 30 heteroatoms. The highest BCUT2D eigenvalue weighted by Crippen LogP contribution is 2.35. The highest BCUT2D eigenvalue weighted by Gasteiger charge is 2.53. The third kappa shape index (κ3) is 26.7. The molecule has 21 N–H and O–H groups in total. The Balaban J connectivity index is 0.000000355. The van der Waals surface area contributed by atoms with Crippen LogP contribution in [0.1, 0.15) is 154 Å². The molecule has 0 spiro atoms. The van der Waals surface area contributed by atoms with Crippen molar-refractivity contribution in [3.63, 3.8) is 0 Å². The van der Waals surface area contributed by atoms with Crippen LogP contribution in [0, 0.1) is 21.7 Å². The van der Waals surface area contributed by atoms with Crippen molar-refractivity contribution < 1.29 is 150 Å². The Bertz CT molecular complexity index is 1970. The maximum Gasteiger partial charge on any atom is 0.187 e. The van der Waals surface area contributed by atoms with Crippen LogP contribution in [-0.4, -0.2) is 331 Å². The van der Waals surface area contributed by atoms with E-state index in [9.17, 15) is 97.0 Å². The fourth-order valence-electron chi connectivity index (χ4n) is 11.3. The van der Waals surface area contributed by atoms with Crippen molar-refractivity contribution in [1.82, 2.24) is 0 Å². The van der Waals surface area contributed by atoms with Crippen molar-refractivity contribution in [2.75, 3.05) is 39.6 Å². The maximum absolute atomic E-state index is 11.0. The van der Waals surface area contributed by atoms with Gasteiger partial charge in [0, 0.05) is 0 Å². The van der Waals surface area contributed by atoms with Crippen LogP contribution in [0.5, 0.6) is 0 Å². The summed E-state index contributed by atoms with van der Waals surface area (Å²) in [5, 5.41) is 207. The summed E-state index contributed by atoms with van der Waals surface area (Å²) in [6.07, 6.45) is -29.2. The molecule has 0 aromatic rings. The summed E-state index contributed by atoms with van der Waals surface area (Å²) in [5.74, 6) is 0. The van der Waals surface area contributed by atoms with Gasteiger partial charge in [-0.15, -0.1) is 0 Å². The van der Waals surface area contributed by atoms with Crippen molar-refractivity contribution in [1.29, 1.82) is 0 Å². The van der Waals surface area contributed by atoms with Crippen LogP contribution in [0.15, 0.2) is 0 Å². The Kier molecular flexibility index (Phi) is 35.7. The van der Waals surface area contributed by atoms with Crippen LogP contribution >= 0.6 is 0 Å². The van der Waals surface area contributed by atoms with Gasteiger partial charge in [0.25, 0.3) is 0 Å². The van der Waals surface area contributed by atoms with E-state index in [1.807, 2.05) is 20.8 Å². The molecule has 0 saturated carbocycles. The van der Waals surface area contributed by atoms with Gasteiger partial charge in [-0.3, -0.25) is 0 Å². The summed E-state index contributed by atoms with van der Waals surface area (Å²) in [6, 6.07) is 0. The molecular formula is C63H122O30. The summed E-state index contributed by atoms with van der Waals surface area (Å²) in [7, 11) is 0.